The van der Waals surface area contributed by atoms with Crippen molar-refractivity contribution in [1.82, 2.24) is 49.5 Å². The lowest BCUT2D eigenvalue weighted by Gasteiger charge is -2.47. The van der Waals surface area contributed by atoms with Crippen LogP contribution in [0.5, 0.6) is 23.5 Å². The van der Waals surface area contributed by atoms with Crippen LogP contribution in [-0.4, -0.2) is 209 Å². The Morgan fingerprint density at radius 1 is 0.649 bits per heavy atom. The molecule has 4 aromatic heterocycles. The summed E-state index contributed by atoms with van der Waals surface area (Å²) >= 11 is 0. The van der Waals surface area contributed by atoms with Gasteiger partial charge in [-0.1, -0.05) is 97.4 Å². The van der Waals surface area contributed by atoms with Crippen LogP contribution < -0.4 is 24.0 Å². The number of hydrogen-bond donors (Lipinski definition) is 1. The highest BCUT2D eigenvalue weighted by Gasteiger charge is 2.52. The molecular weight excluding hydrogens is 1430 g/mol. The Morgan fingerprint density at radius 2 is 1.14 bits per heavy atom. The molecule has 6 saturated heterocycles. The summed E-state index contributed by atoms with van der Waals surface area (Å²) in [5.74, 6) is 5.01. The third-order valence-electron chi connectivity index (χ3n) is 22.4. The smallest absolute Gasteiger partial charge is 0.410 e. The summed E-state index contributed by atoms with van der Waals surface area (Å²) in [6.07, 6.45) is 17.5. The topological polar surface area (TPSA) is 241 Å². The number of carbonyl (C=O) groups is 4. The number of phenolic OH excluding ortho intramolecular Hbond substituents is 1. The van der Waals surface area contributed by atoms with E-state index in [0.717, 1.165) is 80.1 Å². The number of nitrogens with zero attached hydrogens (tertiary/aromatic N) is 12. The molecule has 0 unspecified atom stereocenters. The van der Waals surface area contributed by atoms with Gasteiger partial charge in [0.15, 0.2) is 18.4 Å². The van der Waals surface area contributed by atoms with Gasteiger partial charge in [-0.15, -0.1) is 12.0 Å². The monoisotopic (exact) mass is 1530 g/mol. The number of likely N-dealkylation sites (tertiary alicyclic amines) is 4. The maximum Gasteiger partial charge on any atom is 0.410 e. The number of anilines is 2. The summed E-state index contributed by atoms with van der Waals surface area (Å²) in [7, 11) is 3.61. The van der Waals surface area contributed by atoms with Crippen molar-refractivity contribution in [2.75, 3.05) is 90.3 Å². The summed E-state index contributed by atoms with van der Waals surface area (Å²) in [6, 6.07) is 18.8. The molecule has 14 rings (SSSR count). The lowest BCUT2D eigenvalue weighted by atomic mass is 9.95. The van der Waals surface area contributed by atoms with Crippen molar-refractivity contribution in [2.24, 2.45) is 0 Å². The van der Waals surface area contributed by atoms with E-state index in [-0.39, 0.29) is 95.2 Å². The van der Waals surface area contributed by atoms with Crippen molar-refractivity contribution < 1.29 is 61.5 Å². The second kappa shape index (κ2) is 33.5. The van der Waals surface area contributed by atoms with Gasteiger partial charge in [-0.05, 0) is 156 Å². The van der Waals surface area contributed by atoms with Gasteiger partial charge in [0, 0.05) is 103 Å². The van der Waals surface area contributed by atoms with Gasteiger partial charge in [-0.3, -0.25) is 14.8 Å². The van der Waals surface area contributed by atoms with Crippen molar-refractivity contribution >= 4 is 87.0 Å². The number of amides is 2. The van der Waals surface area contributed by atoms with Crippen LogP contribution in [0.4, 0.5) is 25.2 Å². The molecule has 8 aromatic rings. The van der Waals surface area contributed by atoms with Gasteiger partial charge in [0.2, 0.25) is 5.91 Å². The van der Waals surface area contributed by atoms with Gasteiger partial charge >= 0.3 is 30.1 Å². The first-order valence-electron chi connectivity index (χ1n) is 37.9. The van der Waals surface area contributed by atoms with Crippen molar-refractivity contribution in [2.45, 2.75) is 159 Å². The Morgan fingerprint density at radius 3 is 1.62 bits per heavy atom. The number of likely N-dealkylation sites (N-methyl/N-ethyl adjacent to an activating group) is 2. The molecule has 6 atom stereocenters. The first kappa shape index (κ1) is 79.9. The van der Waals surface area contributed by atoms with Crippen LogP contribution >= 0.6 is 0 Å². The molecule has 0 spiro atoms. The van der Waals surface area contributed by atoms with Gasteiger partial charge in [0.05, 0.1) is 34.9 Å². The summed E-state index contributed by atoms with van der Waals surface area (Å²) in [5.41, 5.74) is 7.25. The Bertz CT molecular complexity index is 5020. The molecule has 1 N–H and O–H groups in total. The number of halogens is 2. The summed E-state index contributed by atoms with van der Waals surface area (Å²) in [5, 5.41) is 14.4. The first-order chi connectivity index (χ1) is 53.1. The predicted octanol–water partition coefficient (Wildman–Crippen LogP) is 13.8. The Hall–Kier alpha value is -10.6. The molecule has 0 radical (unpaired) electrons. The Balaban J connectivity index is 0.000000192. The summed E-state index contributed by atoms with van der Waals surface area (Å²) < 4.78 is 67.7. The quantitative estimate of drug-likeness (QED) is 0.0198. The summed E-state index contributed by atoms with van der Waals surface area (Å²) in [6.45, 7) is 34.3. The summed E-state index contributed by atoms with van der Waals surface area (Å²) in [4.78, 5) is 86.7. The van der Waals surface area contributed by atoms with Crippen LogP contribution in [0.1, 0.15) is 112 Å². The van der Waals surface area contributed by atoms with Gasteiger partial charge in [0.25, 0.3) is 0 Å². The van der Waals surface area contributed by atoms with Gasteiger partial charge in [0.1, 0.15) is 72.4 Å². The van der Waals surface area contributed by atoms with E-state index in [2.05, 4.69) is 127 Å². The Labute approximate surface area is 648 Å². The van der Waals surface area contributed by atoms with E-state index in [1.807, 2.05) is 62.1 Å². The van der Waals surface area contributed by atoms with E-state index in [9.17, 15) is 24.3 Å². The number of benzene rings is 4. The molecule has 6 aliphatic rings. The van der Waals surface area contributed by atoms with E-state index in [4.69, 9.17) is 50.0 Å². The van der Waals surface area contributed by atoms with Crippen LogP contribution in [0.3, 0.4) is 0 Å². The second-order valence-electron chi connectivity index (χ2n) is 31.0. The number of fused-ring (bicyclic) bond motifs is 6. The van der Waals surface area contributed by atoms with Crippen LogP contribution in [0.15, 0.2) is 111 Å². The number of aromatic nitrogens is 6. The van der Waals surface area contributed by atoms with Crippen molar-refractivity contribution in [3.05, 3.63) is 134 Å². The van der Waals surface area contributed by atoms with Crippen molar-refractivity contribution in [1.29, 1.82) is 0 Å². The average Bonchev–Trinajstić information content (AvgIpc) is 1.70. The SMILES string of the molecule is C#Cc1cccc2cc(O)cc(-c3ncc4c(N5C[C@@H]6[C@H]5CCN6C(=O)C=C)nc(OC[C@@H]5CCCN5C)nc4c3F)c12.C=CC(=O)OC(=O)C=C.COCOc1cc(-c2ncc3c(N4C[C@@H]5[C@H]4CCN5C(=O)OC(C)(C)C)nc(OC[C@@H]4CCCN4C)nc3c2F)c2c(C#C[Si](C(C)C)(C(C)C)C(C)C)cccc2c1. The number of methoxy groups -OCH3 is 1. The molecule has 0 saturated carbocycles. The van der Waals surface area contributed by atoms with E-state index in [1.54, 1.807) is 42.6 Å². The van der Waals surface area contributed by atoms with Crippen molar-refractivity contribution in [3.8, 4) is 69.8 Å². The second-order valence-corrected chi connectivity index (χ2v) is 36.6. The van der Waals surface area contributed by atoms with E-state index >= 15 is 8.78 Å². The highest BCUT2D eigenvalue weighted by Crippen LogP contribution is 2.47. The molecule has 6 aliphatic heterocycles. The molecule has 10 heterocycles. The van der Waals surface area contributed by atoms with Gasteiger partial charge < -0.3 is 62.9 Å². The minimum absolute atomic E-state index is 0.0185. The maximum absolute atomic E-state index is 17.6. The molecule has 2 amide bonds. The zero-order valence-electron chi connectivity index (χ0n) is 65.3. The number of ether oxygens (including phenoxy) is 6. The van der Waals surface area contributed by atoms with Crippen LogP contribution in [-0.2, 0) is 28.6 Å². The van der Waals surface area contributed by atoms with Crippen LogP contribution in [0.25, 0.3) is 65.9 Å². The third kappa shape index (κ3) is 16.3. The molecule has 4 aromatic carbocycles. The fraction of sp³-hybridized carbons (Fsp3) is 0.435. The maximum atomic E-state index is 17.6. The average molecular weight is 1530 g/mol. The van der Waals surface area contributed by atoms with Gasteiger partial charge in [-0.25, -0.2) is 23.2 Å². The number of carbonyl (C=O) groups excluding carboxylic acids is 4. The largest absolute Gasteiger partial charge is 0.508 e. The lowest BCUT2D eigenvalue weighted by Crippen LogP contribution is -2.63. The fourth-order valence-corrected chi connectivity index (χ4v) is 22.0. The van der Waals surface area contributed by atoms with Crippen molar-refractivity contribution in [3.63, 3.8) is 0 Å². The number of aromatic hydroxyl groups is 1. The number of esters is 2. The molecule has 0 bridgehead atoms. The highest BCUT2D eigenvalue weighted by molar-refractivity contribution is 6.90. The van der Waals surface area contributed by atoms with Crippen LogP contribution in [0, 0.1) is 35.4 Å². The third-order valence-corrected chi connectivity index (χ3v) is 28.7. The predicted molar refractivity (Wildman–Crippen MR) is 428 cm³/mol. The molecule has 26 heteroatoms. The minimum atomic E-state index is -2.10. The molecule has 23 nitrogen and oxygen atoms in total. The molecule has 6 fully saturated rings. The molecule has 0 aliphatic carbocycles. The molecule has 111 heavy (non-hydrogen) atoms. The van der Waals surface area contributed by atoms with Gasteiger partial charge in [-0.2, -0.15) is 19.9 Å². The number of hydrogen-bond acceptors (Lipinski definition) is 21. The first-order valence-corrected chi connectivity index (χ1v) is 40.1. The zero-order chi connectivity index (χ0) is 79.5. The van der Waals surface area contributed by atoms with E-state index in [1.165, 1.54) is 12.1 Å². The lowest BCUT2D eigenvalue weighted by molar-refractivity contribution is -0.152. The van der Waals surface area contributed by atoms with E-state index in [0.29, 0.717) is 112 Å². The number of terminal acetylenes is 1. The molecule has 582 valence electrons. The zero-order valence-corrected chi connectivity index (χ0v) is 66.3. The fourth-order valence-electron chi connectivity index (χ4n) is 16.8. The Kier molecular flexibility index (Phi) is 24.1. The molecular formula is C85H98F2N12O11Si. The highest BCUT2D eigenvalue weighted by atomic mass is 28.3. The standard InChI is InChI=1S/C46H61FN6O5Si.C33H31FN6O3.C6H6O3/c1-28(2)59(29(3)4,30(5)6)21-18-31-14-12-15-32-22-34(57-27-55-11)23-35(39(31)32)41-40(47)42-36(24-48-41)43(50-44(49-42)56-26-33-16-13-19-51(33)10)53-25-38-37(53)17-20-52(38)45(54)58-46(7,8)9;1-4-19-8-6-9-20-14-22(41)15-23(28(19)20)30-29(34)31-24(16-35-30)32(37-33(36-31)43-18-21-10-7-12-38(21)3)40-17-26-25(40)11-13-39(26)27(42)5-2;1-3-5(7)9-6(8)4-2/h12,14-15,22-24,28-30,33,37-38H,13,16-17,19-20,25-27H2,1-11H3;1,5-6,8-9,14-16,21,25-26,41H,2,7,10-13,17-18H2,3H3;3-4H,1-2H2/t33-,37+,38+;21-,25+,26+;/m00./s1. The minimum Gasteiger partial charge on any atom is -0.508 e. The number of pyridine rings is 2. The van der Waals surface area contributed by atoms with E-state index < -0.39 is 37.2 Å². The normalized spacial score (nSPS) is 19.5. The number of rotatable bonds is 19. The van der Waals surface area contributed by atoms with Crippen LogP contribution in [0.2, 0.25) is 16.6 Å². The number of phenols is 1.